The second kappa shape index (κ2) is 9.72. The van der Waals surface area contributed by atoms with Crippen molar-refractivity contribution in [1.82, 2.24) is 0 Å². The van der Waals surface area contributed by atoms with Crippen LogP contribution in [0.5, 0.6) is 11.5 Å². The van der Waals surface area contributed by atoms with Crippen molar-refractivity contribution < 1.29 is 33.0 Å². The molecule has 3 aliphatic rings. The Bertz CT molecular complexity index is 1470. The normalized spacial score (nSPS) is 22.5. The summed E-state index contributed by atoms with van der Waals surface area (Å²) in [7, 11) is 0. The van der Waals surface area contributed by atoms with Gasteiger partial charge in [0, 0.05) is 34.4 Å². The highest BCUT2D eigenvalue weighted by atomic mass is 32.1. The molecule has 3 atom stereocenters. The summed E-state index contributed by atoms with van der Waals surface area (Å²) in [5.41, 5.74) is 1.52. The van der Waals surface area contributed by atoms with Crippen LogP contribution in [0.3, 0.4) is 0 Å². The number of para-hydroxylation sites is 1. The number of carbonyl (C=O) groups is 3. The maximum absolute atomic E-state index is 15.0. The highest BCUT2D eigenvalue weighted by Gasteiger charge is 2.50. The van der Waals surface area contributed by atoms with Gasteiger partial charge in [-0.25, -0.2) is 4.39 Å². The Morgan fingerprint density at radius 2 is 1.89 bits per heavy atom. The molecule has 0 bridgehead atoms. The fraction of sp³-hybridized carbons (Fsp3) is 0.276. The number of hydrogen-bond donors (Lipinski definition) is 0. The maximum Gasteiger partial charge on any atom is 0.317 e. The first-order chi connectivity index (χ1) is 18.5. The summed E-state index contributed by atoms with van der Waals surface area (Å²) in [6.45, 7) is 1.92. The molecule has 0 spiro atoms. The Hall–Kier alpha value is -3.98. The Labute approximate surface area is 222 Å². The first kappa shape index (κ1) is 24.4. The van der Waals surface area contributed by atoms with E-state index < -0.39 is 35.3 Å². The van der Waals surface area contributed by atoms with E-state index in [1.807, 2.05) is 17.5 Å². The predicted molar refractivity (Wildman–Crippen MR) is 138 cm³/mol. The SMILES string of the molecule is CCOC(=O)[C@H]1C(=O)C2=C(C[C@H]1c1cccs1)N(c1ccccc1F)C(=O)C[C@H]2c1ccc2c(c1)OCO2. The van der Waals surface area contributed by atoms with Crippen molar-refractivity contribution in [2.45, 2.75) is 31.6 Å². The van der Waals surface area contributed by atoms with Crippen LogP contribution in [0.15, 0.2) is 71.2 Å². The molecule has 6 rings (SSSR count). The quantitative estimate of drug-likeness (QED) is 0.326. The zero-order chi connectivity index (χ0) is 26.4. The van der Waals surface area contributed by atoms with Gasteiger partial charge in [-0.1, -0.05) is 24.3 Å². The van der Waals surface area contributed by atoms with Crippen molar-refractivity contribution in [1.29, 1.82) is 0 Å². The van der Waals surface area contributed by atoms with Crippen LogP contribution in [-0.2, 0) is 19.1 Å². The van der Waals surface area contributed by atoms with E-state index in [1.165, 1.54) is 28.4 Å². The van der Waals surface area contributed by atoms with Gasteiger partial charge < -0.3 is 14.2 Å². The molecule has 0 fully saturated rings. The molecular weight excluding hydrogens is 509 g/mol. The van der Waals surface area contributed by atoms with Gasteiger partial charge in [-0.2, -0.15) is 0 Å². The monoisotopic (exact) mass is 533 g/mol. The summed E-state index contributed by atoms with van der Waals surface area (Å²) in [6.07, 6.45) is 0.129. The van der Waals surface area contributed by atoms with Crippen LogP contribution >= 0.6 is 11.3 Å². The van der Waals surface area contributed by atoms with Gasteiger partial charge >= 0.3 is 5.97 Å². The van der Waals surface area contributed by atoms with Gasteiger partial charge in [-0.3, -0.25) is 19.3 Å². The zero-order valence-electron chi connectivity index (χ0n) is 20.5. The largest absolute Gasteiger partial charge is 0.465 e. The van der Waals surface area contributed by atoms with Crippen LogP contribution in [0.2, 0.25) is 0 Å². The molecule has 9 heteroatoms. The molecule has 0 radical (unpaired) electrons. The van der Waals surface area contributed by atoms with Crippen LogP contribution in [0.1, 0.15) is 42.0 Å². The Morgan fingerprint density at radius 3 is 2.66 bits per heavy atom. The molecule has 3 heterocycles. The highest BCUT2D eigenvalue weighted by Crippen LogP contribution is 2.51. The fourth-order valence-corrected chi connectivity index (χ4v) is 6.49. The summed E-state index contributed by atoms with van der Waals surface area (Å²) in [5, 5.41) is 1.88. The lowest BCUT2D eigenvalue weighted by Crippen LogP contribution is -2.46. The van der Waals surface area contributed by atoms with Crippen molar-refractivity contribution in [2.24, 2.45) is 5.92 Å². The number of rotatable bonds is 5. The van der Waals surface area contributed by atoms with E-state index in [0.29, 0.717) is 28.3 Å². The van der Waals surface area contributed by atoms with Crippen molar-refractivity contribution in [3.05, 3.63) is 87.5 Å². The van der Waals surface area contributed by atoms with Crippen LogP contribution in [0.25, 0.3) is 0 Å². The van der Waals surface area contributed by atoms with Crippen molar-refractivity contribution in [3.63, 3.8) is 0 Å². The number of hydrogen-bond acceptors (Lipinski definition) is 7. The van der Waals surface area contributed by atoms with Crippen LogP contribution in [0, 0.1) is 11.7 Å². The average Bonchev–Trinajstić information content (AvgIpc) is 3.61. The molecule has 3 aromatic rings. The van der Waals surface area contributed by atoms with Gasteiger partial charge in [0.15, 0.2) is 17.3 Å². The molecule has 1 amide bonds. The van der Waals surface area contributed by atoms with Crippen molar-refractivity contribution in [2.75, 3.05) is 18.3 Å². The molecule has 194 valence electrons. The lowest BCUT2D eigenvalue weighted by molar-refractivity contribution is -0.152. The maximum atomic E-state index is 15.0. The minimum Gasteiger partial charge on any atom is -0.465 e. The van der Waals surface area contributed by atoms with Crippen molar-refractivity contribution in [3.8, 4) is 11.5 Å². The van der Waals surface area contributed by atoms with E-state index in [0.717, 1.165) is 4.88 Å². The van der Waals surface area contributed by atoms with E-state index >= 15 is 4.39 Å². The third kappa shape index (κ3) is 3.98. The van der Waals surface area contributed by atoms with E-state index in [1.54, 1.807) is 37.3 Å². The summed E-state index contributed by atoms with van der Waals surface area (Å²) in [5.74, 6) is -3.04. The number of anilines is 1. The number of ketones is 1. The summed E-state index contributed by atoms with van der Waals surface area (Å²) in [4.78, 5) is 43.4. The Kier molecular flexibility index (Phi) is 6.23. The number of thiophene rings is 1. The number of fused-ring (bicyclic) bond motifs is 1. The molecule has 0 saturated heterocycles. The third-order valence-corrected chi connectivity index (χ3v) is 8.27. The lowest BCUT2D eigenvalue weighted by atomic mass is 9.69. The van der Waals surface area contributed by atoms with Crippen LogP contribution in [0.4, 0.5) is 10.1 Å². The Morgan fingerprint density at radius 1 is 1.08 bits per heavy atom. The molecule has 1 aliphatic carbocycles. The number of ether oxygens (including phenoxy) is 3. The second-order valence-electron chi connectivity index (χ2n) is 9.33. The first-order valence-electron chi connectivity index (χ1n) is 12.4. The van der Waals surface area contributed by atoms with E-state index in [4.69, 9.17) is 14.2 Å². The number of allylic oxidation sites excluding steroid dienone is 2. The smallest absolute Gasteiger partial charge is 0.317 e. The minimum absolute atomic E-state index is 0.0717. The molecule has 0 unspecified atom stereocenters. The Balaban J connectivity index is 1.55. The zero-order valence-corrected chi connectivity index (χ0v) is 21.3. The van der Waals surface area contributed by atoms with Crippen LogP contribution in [-0.4, -0.2) is 31.1 Å². The van der Waals surface area contributed by atoms with Crippen LogP contribution < -0.4 is 14.4 Å². The molecule has 1 aromatic heterocycles. The lowest BCUT2D eigenvalue weighted by Gasteiger charge is -2.42. The summed E-state index contributed by atoms with van der Waals surface area (Å²) < 4.78 is 31.4. The predicted octanol–water partition coefficient (Wildman–Crippen LogP) is 5.33. The molecule has 38 heavy (non-hydrogen) atoms. The fourth-order valence-electron chi connectivity index (χ4n) is 5.63. The standard InChI is InChI=1S/C29H24FNO6S/c1-2-35-29(34)27-18(24-8-5-11-38-24)13-21-26(28(27)33)17(16-9-10-22-23(12-16)37-15-36-22)14-25(32)31(21)20-7-4-3-6-19(20)30/h3-12,17-18,27H,2,13-15H2,1H3/t17-,18-,27+/m0/s1. The molecular formula is C29H24FNO6S. The van der Waals surface area contributed by atoms with Gasteiger partial charge in [0.05, 0.1) is 12.3 Å². The minimum atomic E-state index is -1.07. The van der Waals surface area contributed by atoms with Gasteiger partial charge in [0.25, 0.3) is 0 Å². The number of benzene rings is 2. The number of halogens is 1. The molecule has 0 N–H and O–H groups in total. The van der Waals surface area contributed by atoms with E-state index in [-0.39, 0.29) is 37.8 Å². The van der Waals surface area contributed by atoms with Gasteiger partial charge in [-0.05, 0) is 54.6 Å². The van der Waals surface area contributed by atoms with E-state index in [9.17, 15) is 14.4 Å². The second-order valence-corrected chi connectivity index (χ2v) is 10.3. The summed E-state index contributed by atoms with van der Waals surface area (Å²) in [6, 6.07) is 15.1. The third-order valence-electron chi connectivity index (χ3n) is 7.26. The van der Waals surface area contributed by atoms with Gasteiger partial charge in [-0.15, -0.1) is 11.3 Å². The average molecular weight is 534 g/mol. The highest BCUT2D eigenvalue weighted by molar-refractivity contribution is 7.10. The molecule has 2 aliphatic heterocycles. The summed E-state index contributed by atoms with van der Waals surface area (Å²) >= 11 is 1.43. The molecule has 0 saturated carbocycles. The van der Waals surface area contributed by atoms with Crippen molar-refractivity contribution >= 4 is 34.7 Å². The topological polar surface area (TPSA) is 82.1 Å². The van der Waals surface area contributed by atoms with Gasteiger partial charge in [0.2, 0.25) is 12.7 Å². The number of carbonyl (C=O) groups excluding carboxylic acids is 3. The number of Topliss-reactive ketones (excluding diaryl/α,β-unsaturated/α-hetero) is 1. The number of amides is 1. The number of nitrogens with zero attached hydrogens (tertiary/aromatic N) is 1. The van der Waals surface area contributed by atoms with E-state index in [2.05, 4.69) is 0 Å². The number of esters is 1. The molecule has 7 nitrogen and oxygen atoms in total. The first-order valence-corrected chi connectivity index (χ1v) is 13.3. The molecule has 2 aromatic carbocycles. The van der Waals surface area contributed by atoms with Gasteiger partial charge in [0.1, 0.15) is 11.7 Å².